The Morgan fingerprint density at radius 3 is 1.50 bits per heavy atom. The average Bonchev–Trinajstić information content (AvgIpc) is 1.39. The molecule has 0 unspecified atom stereocenters. The Balaban J connectivity index is -0.00000000571. The molecule has 0 atom stereocenters. The van der Waals surface area contributed by atoms with Crippen molar-refractivity contribution in [2.75, 3.05) is 0 Å². The van der Waals surface area contributed by atoms with Crippen LogP contribution in [0, 0.1) is 20.8 Å². The van der Waals surface area contributed by atoms with Crippen LogP contribution in [0.3, 0.4) is 0 Å². The summed E-state index contributed by atoms with van der Waals surface area (Å²) in [5.74, 6) is 0. The maximum atomic E-state index is 8.00. The normalized spacial score (nSPS) is 1.90. The second kappa shape index (κ2) is 57.8. The van der Waals surface area contributed by atoms with E-state index in [-0.39, 0.29) is 123 Å². The van der Waals surface area contributed by atoms with Crippen LogP contribution in [0.25, 0.3) is 0 Å². The van der Waals surface area contributed by atoms with Crippen molar-refractivity contribution in [1.82, 2.24) is 0 Å². The third kappa shape index (κ3) is 121. The van der Waals surface area contributed by atoms with E-state index in [9.17, 15) is 0 Å². The van der Waals surface area contributed by atoms with Crippen molar-refractivity contribution in [3.8, 4) is 5.40 Å². The van der Waals surface area contributed by atoms with Gasteiger partial charge < -0.3 is 35.2 Å². The molecule has 0 aliphatic heterocycles. The van der Waals surface area contributed by atoms with Gasteiger partial charge in [-0.3, -0.25) is 0 Å². The standard InChI is InChI=1S/CHNS.ClH.K.HNO2.2Na/c2-1-3;;;2-1-3;;/h3H;1H;;(H,2,3);;/q;;+1;;2*+1/p-3. The van der Waals surface area contributed by atoms with Crippen molar-refractivity contribution in [3.63, 3.8) is 0 Å². The minimum Gasteiger partial charge on any atom is -1.00 e. The van der Waals surface area contributed by atoms with Crippen LogP contribution >= 0.6 is 0 Å². The first-order chi connectivity index (χ1) is 2.83. The predicted molar refractivity (Wildman–Crippen MR) is 22.1 cm³/mol. The zero-order valence-electron chi connectivity index (χ0n) is 6.00. The third-order valence-electron chi connectivity index (χ3n) is 0. The molecule has 0 rings (SSSR count). The molecule has 42 valence electrons. The van der Waals surface area contributed by atoms with Crippen LogP contribution in [0.4, 0.5) is 0 Å². The van der Waals surface area contributed by atoms with E-state index in [1.54, 1.807) is 0 Å². The number of thiocyanates is 1. The number of rotatable bonds is 0. The molecule has 0 fully saturated rings. The molecule has 10 heavy (non-hydrogen) atoms. The molecular weight excluding hydrogens is 225 g/mol. The molecule has 0 spiro atoms. The van der Waals surface area contributed by atoms with E-state index in [0.717, 1.165) is 5.34 Å². The Kier molecular flexibility index (Phi) is 220. The summed E-state index contributed by atoms with van der Waals surface area (Å²) in [4.78, 5) is 8.00. The Bertz CT molecular complexity index is 72.8. The molecule has 0 bridgehead atoms. The second-order valence-corrected chi connectivity index (χ2v) is 0.348. The maximum absolute atomic E-state index is 8.00. The van der Waals surface area contributed by atoms with Crippen molar-refractivity contribution < 1.29 is 123 Å². The summed E-state index contributed by atoms with van der Waals surface area (Å²) in [6.07, 6.45) is 0. The summed E-state index contributed by atoms with van der Waals surface area (Å²) < 4.78 is 0. The zero-order chi connectivity index (χ0) is 5.41. The Hall–Kier alpha value is 3.04. The summed E-state index contributed by atoms with van der Waals surface area (Å²) in [7, 11) is 0. The molecule has 0 aliphatic carbocycles. The van der Waals surface area contributed by atoms with E-state index in [1.165, 1.54) is 5.40 Å². The van der Waals surface area contributed by atoms with Gasteiger partial charge >= 0.3 is 110 Å². The first-order valence-corrected chi connectivity index (χ1v) is 1.20. The molecule has 0 saturated heterocycles. The summed E-state index contributed by atoms with van der Waals surface area (Å²) >= 11 is 3.70. The van der Waals surface area contributed by atoms with E-state index < -0.39 is 0 Å². The average molecular weight is 225 g/mol. The van der Waals surface area contributed by atoms with Gasteiger partial charge in [0, 0.05) is 0 Å². The van der Waals surface area contributed by atoms with Crippen molar-refractivity contribution in [2.45, 2.75) is 0 Å². The molecule has 4 nitrogen and oxygen atoms in total. The van der Waals surface area contributed by atoms with Crippen LogP contribution in [0.1, 0.15) is 0 Å². The molecule has 9 heteroatoms. The topological polar surface area (TPSA) is 76.3 Å². The van der Waals surface area contributed by atoms with Crippen LogP contribution in [-0.2, 0) is 12.6 Å². The fourth-order valence-electron chi connectivity index (χ4n) is 0. The second-order valence-electron chi connectivity index (χ2n) is 0.166. The van der Waals surface area contributed by atoms with Crippen molar-refractivity contribution >= 4 is 12.6 Å². The van der Waals surface area contributed by atoms with Gasteiger partial charge in [0.25, 0.3) is 0 Å². The first-order valence-electron chi connectivity index (χ1n) is 0.793. The maximum Gasteiger partial charge on any atom is 1.00 e. The fourth-order valence-corrected chi connectivity index (χ4v) is 0. The number of hydrogen-bond donors (Lipinski definition) is 0. The molecule has 0 aliphatic rings. The van der Waals surface area contributed by atoms with Gasteiger partial charge in [-0.15, -0.1) is 5.34 Å². The fraction of sp³-hybridized carbons (Fsp3) is 0. The Morgan fingerprint density at radius 2 is 1.50 bits per heavy atom. The van der Waals surface area contributed by atoms with Gasteiger partial charge in [0.15, 0.2) is 0 Å². The van der Waals surface area contributed by atoms with Crippen molar-refractivity contribution in [1.29, 1.82) is 5.26 Å². The largest absolute Gasteiger partial charge is 1.00 e. The van der Waals surface area contributed by atoms with Gasteiger partial charge in [0.1, 0.15) is 0 Å². The SMILES string of the molecule is N#C[S-].O=N[O-].[Cl-].[K+].[Na+].[Na+]. The number of nitrogens with zero attached hydrogens (tertiary/aromatic N) is 2. The molecule has 0 aromatic rings. The smallest absolute Gasteiger partial charge is 1.00 e. The molecule has 0 radical (unpaired) electrons. The van der Waals surface area contributed by atoms with Crippen LogP contribution in [0.15, 0.2) is 5.34 Å². The van der Waals surface area contributed by atoms with E-state index in [4.69, 9.17) is 15.4 Å². The third-order valence-corrected chi connectivity index (χ3v) is 0. The molecular formula is CClKN2Na2O2S. The van der Waals surface area contributed by atoms with Gasteiger partial charge in [-0.2, -0.15) is 0 Å². The van der Waals surface area contributed by atoms with E-state index >= 15 is 0 Å². The number of halogens is 1. The van der Waals surface area contributed by atoms with Crippen LogP contribution in [-0.4, -0.2) is 0 Å². The zero-order valence-corrected chi connectivity index (χ0v) is 14.7. The predicted octanol–water partition coefficient (Wildman–Crippen LogP) is -11.7. The van der Waals surface area contributed by atoms with Crippen molar-refractivity contribution in [2.24, 2.45) is 5.34 Å². The number of hydrogen-bond acceptors (Lipinski definition) is 5. The van der Waals surface area contributed by atoms with Crippen LogP contribution < -0.4 is 123 Å². The van der Waals surface area contributed by atoms with Crippen LogP contribution in [0.5, 0.6) is 0 Å². The molecule has 0 amide bonds. The number of nitriles is 1. The van der Waals surface area contributed by atoms with Gasteiger partial charge in [-0.05, 0) is 0 Å². The summed E-state index contributed by atoms with van der Waals surface area (Å²) in [5.41, 5.74) is 0. The van der Waals surface area contributed by atoms with Gasteiger partial charge in [-0.25, -0.2) is 5.26 Å². The van der Waals surface area contributed by atoms with Gasteiger partial charge in [0.05, 0.1) is 0 Å². The molecule has 0 aromatic carbocycles. The summed E-state index contributed by atoms with van der Waals surface area (Å²) in [6, 6.07) is 0. The molecule has 0 saturated carbocycles. The Morgan fingerprint density at radius 1 is 1.50 bits per heavy atom. The minimum absolute atomic E-state index is 0. The molecule has 0 N–H and O–H groups in total. The minimum atomic E-state index is 0. The monoisotopic (exact) mass is 224 g/mol. The van der Waals surface area contributed by atoms with Gasteiger partial charge in [-0.1, -0.05) is 5.40 Å². The molecule has 0 aromatic heterocycles. The Labute approximate surface area is 158 Å². The van der Waals surface area contributed by atoms with E-state index in [1.807, 2.05) is 0 Å². The van der Waals surface area contributed by atoms with E-state index in [2.05, 4.69) is 12.6 Å². The van der Waals surface area contributed by atoms with Gasteiger partial charge in [0.2, 0.25) is 0 Å². The first kappa shape index (κ1) is 38.1. The van der Waals surface area contributed by atoms with Crippen LogP contribution in [0.2, 0.25) is 0 Å². The van der Waals surface area contributed by atoms with Crippen molar-refractivity contribution in [3.05, 3.63) is 10.1 Å². The summed E-state index contributed by atoms with van der Waals surface area (Å²) in [5, 5.41) is 17.5. The summed E-state index contributed by atoms with van der Waals surface area (Å²) in [6.45, 7) is 0. The quantitative estimate of drug-likeness (QED) is 0.135. The van der Waals surface area contributed by atoms with E-state index in [0.29, 0.717) is 0 Å². The molecule has 0 heterocycles.